The molecule has 2 aromatic heterocycles. The van der Waals surface area contributed by atoms with Crippen molar-refractivity contribution < 1.29 is 4.79 Å². The summed E-state index contributed by atoms with van der Waals surface area (Å²) < 4.78 is 5.72. The standard InChI is InChI=1S/C13H18N6OS/c1-7(2)12-15-10-5-4-9(6-19(10)17-12)14-13(20)11-8(3)16-18-21-11/h7,9H,4-6H2,1-3H3,(H,14,20)/t9-/m0/s1. The smallest absolute Gasteiger partial charge is 0.265 e. The van der Waals surface area contributed by atoms with Crippen molar-refractivity contribution in [3.8, 4) is 0 Å². The summed E-state index contributed by atoms with van der Waals surface area (Å²) >= 11 is 1.13. The number of carbonyl (C=O) groups is 1. The molecule has 1 atom stereocenters. The zero-order chi connectivity index (χ0) is 15.0. The lowest BCUT2D eigenvalue weighted by atomic mass is 10.1. The topological polar surface area (TPSA) is 85.6 Å². The van der Waals surface area contributed by atoms with E-state index in [1.165, 1.54) is 0 Å². The van der Waals surface area contributed by atoms with Crippen LogP contribution in [-0.4, -0.2) is 36.3 Å². The van der Waals surface area contributed by atoms with Crippen molar-refractivity contribution in [1.82, 2.24) is 29.7 Å². The molecule has 0 fully saturated rings. The highest BCUT2D eigenvalue weighted by atomic mass is 32.1. The summed E-state index contributed by atoms with van der Waals surface area (Å²) in [6.07, 6.45) is 1.72. The van der Waals surface area contributed by atoms with E-state index >= 15 is 0 Å². The fraction of sp³-hybridized carbons (Fsp3) is 0.615. The van der Waals surface area contributed by atoms with Crippen LogP contribution in [0.25, 0.3) is 0 Å². The Balaban J connectivity index is 1.69. The number of aryl methyl sites for hydroxylation is 2. The Bertz CT molecular complexity index is 661. The Labute approximate surface area is 126 Å². The van der Waals surface area contributed by atoms with Gasteiger partial charge in [0.05, 0.1) is 12.2 Å². The first-order valence-corrected chi connectivity index (χ1v) is 7.85. The molecular formula is C13H18N6OS. The van der Waals surface area contributed by atoms with Gasteiger partial charge in [0.2, 0.25) is 0 Å². The lowest BCUT2D eigenvalue weighted by Crippen LogP contribution is -2.41. The van der Waals surface area contributed by atoms with Gasteiger partial charge >= 0.3 is 0 Å². The molecule has 0 spiro atoms. The van der Waals surface area contributed by atoms with Crippen molar-refractivity contribution in [2.45, 2.75) is 52.1 Å². The number of amides is 1. The summed E-state index contributed by atoms with van der Waals surface area (Å²) in [5.41, 5.74) is 0.678. The number of fused-ring (bicyclic) bond motifs is 1. The number of hydrogen-bond acceptors (Lipinski definition) is 6. The van der Waals surface area contributed by atoms with Crippen LogP contribution in [0.5, 0.6) is 0 Å². The molecule has 0 aromatic carbocycles. The summed E-state index contributed by atoms with van der Waals surface area (Å²) in [5, 5.41) is 11.4. The number of rotatable bonds is 3. The number of aromatic nitrogens is 5. The van der Waals surface area contributed by atoms with E-state index in [-0.39, 0.29) is 11.9 Å². The summed E-state index contributed by atoms with van der Waals surface area (Å²) in [5.74, 6) is 2.11. The van der Waals surface area contributed by atoms with Crippen LogP contribution in [0.2, 0.25) is 0 Å². The van der Waals surface area contributed by atoms with Crippen LogP contribution < -0.4 is 5.32 Å². The monoisotopic (exact) mass is 306 g/mol. The molecule has 1 aliphatic rings. The van der Waals surface area contributed by atoms with Crippen LogP contribution in [0.1, 0.15) is 53.2 Å². The Hall–Kier alpha value is -1.83. The molecule has 0 aliphatic carbocycles. The van der Waals surface area contributed by atoms with Gasteiger partial charge in [0.15, 0.2) is 5.82 Å². The first-order valence-electron chi connectivity index (χ1n) is 7.08. The molecule has 1 aliphatic heterocycles. The molecule has 0 radical (unpaired) electrons. The molecule has 1 amide bonds. The van der Waals surface area contributed by atoms with Crippen LogP contribution in [0.3, 0.4) is 0 Å². The van der Waals surface area contributed by atoms with Crippen molar-refractivity contribution in [3.63, 3.8) is 0 Å². The highest BCUT2D eigenvalue weighted by molar-refractivity contribution is 7.08. The zero-order valence-corrected chi connectivity index (χ0v) is 13.1. The summed E-state index contributed by atoms with van der Waals surface area (Å²) in [7, 11) is 0. The lowest BCUT2D eigenvalue weighted by molar-refractivity contribution is 0.0929. The summed E-state index contributed by atoms with van der Waals surface area (Å²) in [6.45, 7) is 6.64. The number of nitrogens with one attached hydrogen (secondary N) is 1. The van der Waals surface area contributed by atoms with Gasteiger partial charge in [0.1, 0.15) is 10.7 Å². The van der Waals surface area contributed by atoms with E-state index in [4.69, 9.17) is 0 Å². The quantitative estimate of drug-likeness (QED) is 0.924. The average Bonchev–Trinajstić information content (AvgIpc) is 3.04. The van der Waals surface area contributed by atoms with E-state index in [0.29, 0.717) is 23.0 Å². The molecular weight excluding hydrogens is 288 g/mol. The minimum Gasteiger partial charge on any atom is -0.347 e. The van der Waals surface area contributed by atoms with E-state index in [0.717, 1.165) is 36.0 Å². The molecule has 21 heavy (non-hydrogen) atoms. The molecule has 3 rings (SSSR count). The predicted molar refractivity (Wildman–Crippen MR) is 78.3 cm³/mol. The van der Waals surface area contributed by atoms with Crippen molar-refractivity contribution >= 4 is 17.4 Å². The van der Waals surface area contributed by atoms with Crippen molar-refractivity contribution in [1.29, 1.82) is 0 Å². The molecule has 0 saturated carbocycles. The third-order valence-corrected chi connectivity index (χ3v) is 4.41. The van der Waals surface area contributed by atoms with Gasteiger partial charge in [-0.25, -0.2) is 9.67 Å². The van der Waals surface area contributed by atoms with Gasteiger partial charge in [-0.15, -0.1) is 5.10 Å². The highest BCUT2D eigenvalue weighted by Gasteiger charge is 2.25. The lowest BCUT2D eigenvalue weighted by Gasteiger charge is -2.23. The summed E-state index contributed by atoms with van der Waals surface area (Å²) in [6, 6.07) is 0.0770. The van der Waals surface area contributed by atoms with Crippen LogP contribution in [0.15, 0.2) is 0 Å². The van der Waals surface area contributed by atoms with Crippen molar-refractivity contribution in [3.05, 3.63) is 22.2 Å². The maximum atomic E-state index is 12.2. The SMILES string of the molecule is Cc1nnsc1C(=O)N[C@H]1CCc2nc(C(C)C)nn2C1. The summed E-state index contributed by atoms with van der Waals surface area (Å²) in [4.78, 5) is 17.3. The van der Waals surface area contributed by atoms with E-state index in [9.17, 15) is 4.79 Å². The minimum absolute atomic E-state index is 0.0770. The van der Waals surface area contributed by atoms with E-state index in [1.807, 2.05) is 4.68 Å². The van der Waals surface area contributed by atoms with Crippen LogP contribution in [-0.2, 0) is 13.0 Å². The Morgan fingerprint density at radius 2 is 2.29 bits per heavy atom. The average molecular weight is 306 g/mol. The van der Waals surface area contributed by atoms with Gasteiger partial charge in [-0.2, -0.15) is 5.10 Å². The second-order valence-electron chi connectivity index (χ2n) is 5.62. The predicted octanol–water partition coefficient (Wildman–Crippen LogP) is 1.31. The van der Waals surface area contributed by atoms with Gasteiger partial charge in [-0.1, -0.05) is 18.3 Å². The second-order valence-corrected chi connectivity index (χ2v) is 6.37. The number of nitrogens with zero attached hydrogens (tertiary/aromatic N) is 5. The molecule has 0 saturated heterocycles. The van der Waals surface area contributed by atoms with Gasteiger partial charge in [-0.3, -0.25) is 4.79 Å². The molecule has 1 N–H and O–H groups in total. The maximum absolute atomic E-state index is 12.2. The second kappa shape index (κ2) is 5.51. The molecule has 0 bridgehead atoms. The molecule has 2 aromatic rings. The third-order valence-electron chi connectivity index (χ3n) is 3.58. The van der Waals surface area contributed by atoms with Crippen molar-refractivity contribution in [2.75, 3.05) is 0 Å². The van der Waals surface area contributed by atoms with E-state index in [2.05, 4.69) is 38.8 Å². The third kappa shape index (κ3) is 2.80. The van der Waals surface area contributed by atoms with Gasteiger partial charge in [0.25, 0.3) is 5.91 Å². The molecule has 3 heterocycles. The molecule has 112 valence electrons. The normalized spacial score (nSPS) is 17.8. The number of carbonyl (C=O) groups excluding carboxylic acids is 1. The molecule has 8 heteroatoms. The zero-order valence-electron chi connectivity index (χ0n) is 12.3. The van der Waals surface area contributed by atoms with Gasteiger partial charge in [0, 0.05) is 18.4 Å². The van der Waals surface area contributed by atoms with Crippen LogP contribution in [0.4, 0.5) is 0 Å². The van der Waals surface area contributed by atoms with Crippen LogP contribution in [0, 0.1) is 6.92 Å². The fourth-order valence-electron chi connectivity index (χ4n) is 2.38. The molecule has 0 unspecified atom stereocenters. The fourth-order valence-corrected chi connectivity index (χ4v) is 2.94. The van der Waals surface area contributed by atoms with Crippen LogP contribution >= 0.6 is 11.5 Å². The largest absolute Gasteiger partial charge is 0.347 e. The van der Waals surface area contributed by atoms with E-state index in [1.54, 1.807) is 6.92 Å². The first-order chi connectivity index (χ1) is 10.0. The van der Waals surface area contributed by atoms with Crippen molar-refractivity contribution in [2.24, 2.45) is 0 Å². The Kier molecular flexibility index (Phi) is 3.71. The highest BCUT2D eigenvalue weighted by Crippen LogP contribution is 2.18. The Morgan fingerprint density at radius 1 is 1.48 bits per heavy atom. The van der Waals surface area contributed by atoms with Gasteiger partial charge < -0.3 is 5.32 Å². The van der Waals surface area contributed by atoms with E-state index < -0.39 is 0 Å². The van der Waals surface area contributed by atoms with Gasteiger partial charge in [-0.05, 0) is 24.9 Å². The maximum Gasteiger partial charge on any atom is 0.265 e. The first kappa shape index (κ1) is 14.1. The Morgan fingerprint density at radius 3 is 2.95 bits per heavy atom. The number of hydrogen-bond donors (Lipinski definition) is 1. The molecule has 7 nitrogen and oxygen atoms in total. The minimum atomic E-state index is -0.0971.